The first-order valence-corrected chi connectivity index (χ1v) is 3.33. The maximum atomic E-state index is 12.0. The van der Waals surface area contributed by atoms with Gasteiger partial charge in [-0.1, -0.05) is 0 Å². The van der Waals surface area contributed by atoms with Crippen LogP contribution < -0.4 is 4.74 Å². The molecule has 1 aromatic heterocycles. The summed E-state index contributed by atoms with van der Waals surface area (Å²) >= 11 is 0. The Hall–Kier alpha value is -1.25. The number of aromatic nitrogens is 2. The van der Waals surface area contributed by atoms with E-state index >= 15 is 0 Å². The van der Waals surface area contributed by atoms with Gasteiger partial charge in [-0.2, -0.15) is 13.2 Å². The van der Waals surface area contributed by atoms with Crippen molar-refractivity contribution in [3.63, 3.8) is 0 Å². The van der Waals surface area contributed by atoms with E-state index in [2.05, 4.69) is 14.7 Å². The topological polar surface area (TPSA) is 35.0 Å². The first-order valence-electron chi connectivity index (χ1n) is 3.33. The summed E-state index contributed by atoms with van der Waals surface area (Å²) in [7, 11) is 0. The molecule has 0 N–H and O–H groups in total. The van der Waals surface area contributed by atoms with Crippen molar-refractivity contribution in [3.8, 4) is 5.88 Å². The van der Waals surface area contributed by atoms with Gasteiger partial charge in [-0.15, -0.1) is 25.6 Å². The second-order valence-electron chi connectivity index (χ2n) is 2.29. The van der Waals surface area contributed by atoms with Crippen molar-refractivity contribution in [3.05, 3.63) is 18.1 Å². The highest BCUT2D eigenvalue weighted by atomic mass is 35.5. The van der Waals surface area contributed by atoms with Crippen LogP contribution in [-0.4, -0.2) is 16.3 Å². The van der Waals surface area contributed by atoms with Crippen LogP contribution >= 0.6 is 12.4 Å². The maximum absolute atomic E-state index is 12.0. The van der Waals surface area contributed by atoms with Crippen LogP contribution in [0.4, 0.5) is 26.3 Å². The fraction of sp³-hybridized carbons (Fsp3) is 0.333. The van der Waals surface area contributed by atoms with Gasteiger partial charge < -0.3 is 4.74 Å². The van der Waals surface area contributed by atoms with Crippen molar-refractivity contribution >= 4 is 12.4 Å². The maximum Gasteiger partial charge on any atom is 0.574 e. The Kier molecular flexibility index (Phi) is 4.36. The molecular formula is C6H3ClF6N2O. The lowest BCUT2D eigenvalue weighted by molar-refractivity contribution is -0.276. The fourth-order valence-corrected chi connectivity index (χ4v) is 0.669. The molecule has 92 valence electrons. The van der Waals surface area contributed by atoms with Crippen molar-refractivity contribution in [2.45, 2.75) is 12.5 Å². The largest absolute Gasteiger partial charge is 0.574 e. The van der Waals surface area contributed by atoms with E-state index in [0.29, 0.717) is 6.33 Å². The van der Waals surface area contributed by atoms with Crippen molar-refractivity contribution in [2.24, 2.45) is 0 Å². The monoisotopic (exact) mass is 268 g/mol. The van der Waals surface area contributed by atoms with Gasteiger partial charge >= 0.3 is 12.5 Å². The molecule has 0 fully saturated rings. The molecule has 0 amide bonds. The van der Waals surface area contributed by atoms with E-state index in [4.69, 9.17) is 0 Å². The highest BCUT2D eigenvalue weighted by molar-refractivity contribution is 5.85. The van der Waals surface area contributed by atoms with Crippen LogP contribution in [-0.2, 0) is 6.18 Å². The van der Waals surface area contributed by atoms with Gasteiger partial charge in [0, 0.05) is 6.07 Å². The Morgan fingerprint density at radius 2 is 1.56 bits per heavy atom. The molecule has 0 saturated heterocycles. The molecule has 10 heteroatoms. The molecule has 0 atom stereocenters. The Morgan fingerprint density at radius 3 is 2.00 bits per heavy atom. The molecule has 0 aliphatic rings. The zero-order valence-corrected chi connectivity index (χ0v) is 7.95. The van der Waals surface area contributed by atoms with Crippen LogP contribution in [0.5, 0.6) is 5.88 Å². The predicted octanol–water partition coefficient (Wildman–Crippen LogP) is 2.82. The van der Waals surface area contributed by atoms with Crippen LogP contribution in [0.1, 0.15) is 5.69 Å². The molecule has 1 aromatic rings. The van der Waals surface area contributed by atoms with E-state index in [1.165, 1.54) is 0 Å². The molecule has 0 spiro atoms. The normalized spacial score (nSPS) is 11.9. The summed E-state index contributed by atoms with van der Waals surface area (Å²) < 4.78 is 73.9. The quantitative estimate of drug-likeness (QED) is 0.735. The van der Waals surface area contributed by atoms with Crippen LogP contribution in [0.2, 0.25) is 0 Å². The van der Waals surface area contributed by atoms with Gasteiger partial charge in [0.15, 0.2) is 5.69 Å². The minimum Gasteiger partial charge on any atom is -0.388 e. The first kappa shape index (κ1) is 14.8. The van der Waals surface area contributed by atoms with Gasteiger partial charge in [0.1, 0.15) is 6.33 Å². The lowest BCUT2D eigenvalue weighted by Crippen LogP contribution is -2.19. The Bertz CT molecular complexity index is 352. The number of rotatable bonds is 1. The van der Waals surface area contributed by atoms with Crippen molar-refractivity contribution in [1.82, 2.24) is 9.97 Å². The zero-order valence-electron chi connectivity index (χ0n) is 7.13. The van der Waals surface area contributed by atoms with Crippen LogP contribution in [0.3, 0.4) is 0 Å². The molecule has 0 aromatic carbocycles. The first-order chi connectivity index (χ1) is 6.68. The van der Waals surface area contributed by atoms with Gasteiger partial charge in [-0.05, 0) is 0 Å². The highest BCUT2D eigenvalue weighted by Crippen LogP contribution is 2.29. The molecule has 16 heavy (non-hydrogen) atoms. The van der Waals surface area contributed by atoms with Gasteiger partial charge in [-0.3, -0.25) is 0 Å². The summed E-state index contributed by atoms with van der Waals surface area (Å²) in [5.74, 6) is -1.20. The van der Waals surface area contributed by atoms with E-state index < -0.39 is 24.1 Å². The summed E-state index contributed by atoms with van der Waals surface area (Å²) in [5, 5.41) is 0. The summed E-state index contributed by atoms with van der Waals surface area (Å²) in [6.45, 7) is 0. The van der Waals surface area contributed by atoms with Crippen molar-refractivity contribution in [2.75, 3.05) is 0 Å². The SMILES string of the molecule is Cl.FC(F)(F)Oc1cc(C(F)(F)F)ncn1. The molecule has 3 nitrogen and oxygen atoms in total. The number of alkyl halides is 6. The van der Waals surface area contributed by atoms with Crippen LogP contribution in [0.25, 0.3) is 0 Å². The number of ether oxygens (including phenoxy) is 1. The van der Waals surface area contributed by atoms with Crippen molar-refractivity contribution in [1.29, 1.82) is 0 Å². The molecule has 1 rings (SSSR count). The van der Waals surface area contributed by atoms with Crippen LogP contribution in [0, 0.1) is 0 Å². The van der Waals surface area contributed by atoms with E-state index in [-0.39, 0.29) is 18.5 Å². The number of halogens is 7. The smallest absolute Gasteiger partial charge is 0.388 e. The third kappa shape index (κ3) is 4.51. The summed E-state index contributed by atoms with van der Waals surface area (Å²) in [5.41, 5.74) is -1.50. The minimum atomic E-state index is -5.09. The number of hydrogen-bond donors (Lipinski definition) is 0. The Morgan fingerprint density at radius 1 is 1.00 bits per heavy atom. The van der Waals surface area contributed by atoms with Gasteiger partial charge in [0.25, 0.3) is 0 Å². The summed E-state index contributed by atoms with van der Waals surface area (Å²) in [6, 6.07) is 0.0630. The van der Waals surface area contributed by atoms with Gasteiger partial charge in [-0.25, -0.2) is 9.97 Å². The standard InChI is InChI=1S/C6H2F6N2O.ClH/c7-5(8,9)3-1-4(14-2-13-3)15-6(10,11)12;/h1-2H;1H. The lowest BCUT2D eigenvalue weighted by Gasteiger charge is -2.09. The van der Waals surface area contributed by atoms with Crippen molar-refractivity contribution < 1.29 is 31.1 Å². The van der Waals surface area contributed by atoms with Crippen LogP contribution in [0.15, 0.2) is 12.4 Å². The molecule has 0 unspecified atom stereocenters. The fourth-order valence-electron chi connectivity index (χ4n) is 0.669. The third-order valence-electron chi connectivity index (χ3n) is 1.15. The van der Waals surface area contributed by atoms with Gasteiger partial charge in [0.05, 0.1) is 0 Å². The number of hydrogen-bond acceptors (Lipinski definition) is 3. The second kappa shape index (κ2) is 4.73. The average molecular weight is 269 g/mol. The summed E-state index contributed by atoms with van der Waals surface area (Å²) in [4.78, 5) is 5.64. The lowest BCUT2D eigenvalue weighted by atomic mass is 10.4. The molecule has 0 aliphatic heterocycles. The van der Waals surface area contributed by atoms with E-state index in [1.807, 2.05) is 0 Å². The van der Waals surface area contributed by atoms with Gasteiger partial charge in [0.2, 0.25) is 5.88 Å². The van der Waals surface area contributed by atoms with E-state index in [9.17, 15) is 26.3 Å². The molecule has 0 radical (unpaired) electrons. The molecule has 0 bridgehead atoms. The Labute approximate surface area is 90.9 Å². The summed E-state index contributed by atoms with van der Waals surface area (Å²) in [6.07, 6.45) is -9.59. The van der Waals surface area contributed by atoms with E-state index in [0.717, 1.165) is 0 Å². The number of nitrogens with zero attached hydrogens (tertiary/aromatic N) is 2. The molecule has 0 saturated carbocycles. The Balaban J connectivity index is 0.00000225. The minimum absolute atomic E-state index is 0. The second-order valence-corrected chi connectivity index (χ2v) is 2.29. The zero-order chi connectivity index (χ0) is 11.7. The molecular weight excluding hydrogens is 266 g/mol. The van der Waals surface area contributed by atoms with E-state index in [1.54, 1.807) is 0 Å². The predicted molar refractivity (Wildman–Crippen MR) is 41.0 cm³/mol. The third-order valence-corrected chi connectivity index (χ3v) is 1.15. The molecule has 0 aliphatic carbocycles. The molecule has 1 heterocycles. The highest BCUT2D eigenvalue weighted by Gasteiger charge is 2.36. The average Bonchev–Trinajstić information content (AvgIpc) is 1.99.